The summed E-state index contributed by atoms with van der Waals surface area (Å²) in [5.41, 5.74) is 3.67. The molecule has 1 N–H and O–H groups in total. The first-order valence-corrected chi connectivity index (χ1v) is 7.96. The molecule has 1 aromatic heterocycles. The standard InChI is InChI=1S/C19H19N3O2/c1-3-5-14-8-10-15(11-9-14)18-21-22-19(24-18)20-17(23)16-7-4-6-13(2)12-16/h4,6-12H,3,5H2,1-2H3,(H,20,22,23). The van der Waals surface area contributed by atoms with Gasteiger partial charge in [-0.15, -0.1) is 5.10 Å². The first-order valence-electron chi connectivity index (χ1n) is 7.96. The number of benzene rings is 2. The largest absolute Gasteiger partial charge is 0.403 e. The van der Waals surface area contributed by atoms with Crippen LogP contribution in [0.5, 0.6) is 0 Å². The SMILES string of the molecule is CCCc1ccc(-c2nnc(NC(=O)c3cccc(C)c3)o2)cc1. The maximum Gasteiger partial charge on any atom is 0.322 e. The summed E-state index contributed by atoms with van der Waals surface area (Å²) in [5, 5.41) is 10.5. The Bertz CT molecular complexity index is 838. The van der Waals surface area contributed by atoms with Crippen LogP contribution in [0.2, 0.25) is 0 Å². The summed E-state index contributed by atoms with van der Waals surface area (Å²) in [6.45, 7) is 4.08. The van der Waals surface area contributed by atoms with Crippen molar-refractivity contribution in [3.8, 4) is 11.5 Å². The molecule has 0 radical (unpaired) electrons. The highest BCUT2D eigenvalue weighted by molar-refractivity contribution is 6.03. The quantitative estimate of drug-likeness (QED) is 0.763. The number of nitrogens with one attached hydrogen (secondary N) is 1. The molecule has 0 spiro atoms. The topological polar surface area (TPSA) is 68.0 Å². The lowest BCUT2D eigenvalue weighted by Gasteiger charge is -2.01. The van der Waals surface area contributed by atoms with Gasteiger partial charge in [-0.1, -0.05) is 48.3 Å². The van der Waals surface area contributed by atoms with Crippen molar-refractivity contribution in [2.75, 3.05) is 5.32 Å². The average molecular weight is 321 g/mol. The summed E-state index contributed by atoms with van der Waals surface area (Å²) in [6, 6.07) is 15.4. The van der Waals surface area contributed by atoms with E-state index in [-0.39, 0.29) is 11.9 Å². The molecule has 0 unspecified atom stereocenters. The monoisotopic (exact) mass is 321 g/mol. The predicted molar refractivity (Wildman–Crippen MR) is 92.9 cm³/mol. The summed E-state index contributed by atoms with van der Waals surface area (Å²) >= 11 is 0. The molecule has 3 rings (SSSR count). The van der Waals surface area contributed by atoms with Crippen LogP contribution >= 0.6 is 0 Å². The van der Waals surface area contributed by atoms with Crippen LogP contribution in [-0.4, -0.2) is 16.1 Å². The number of carbonyl (C=O) groups excluding carboxylic acids is 1. The normalized spacial score (nSPS) is 10.6. The number of carbonyl (C=O) groups is 1. The lowest BCUT2D eigenvalue weighted by Crippen LogP contribution is -2.12. The molecule has 0 saturated carbocycles. The van der Waals surface area contributed by atoms with Gasteiger partial charge in [0.25, 0.3) is 5.91 Å². The maximum atomic E-state index is 12.2. The van der Waals surface area contributed by atoms with Crippen LogP contribution in [0, 0.1) is 6.92 Å². The Hall–Kier alpha value is -2.95. The second-order valence-electron chi connectivity index (χ2n) is 5.68. The van der Waals surface area contributed by atoms with Crippen LogP contribution < -0.4 is 5.32 Å². The molecule has 0 aliphatic heterocycles. The van der Waals surface area contributed by atoms with Crippen LogP contribution in [0.3, 0.4) is 0 Å². The Labute approximate surface area is 140 Å². The van der Waals surface area contributed by atoms with E-state index in [4.69, 9.17) is 4.42 Å². The third kappa shape index (κ3) is 3.68. The van der Waals surface area contributed by atoms with Crippen molar-refractivity contribution < 1.29 is 9.21 Å². The molecule has 0 aliphatic rings. The number of anilines is 1. The van der Waals surface area contributed by atoms with Gasteiger partial charge in [0, 0.05) is 11.1 Å². The lowest BCUT2D eigenvalue weighted by molar-refractivity contribution is 0.102. The maximum absolute atomic E-state index is 12.2. The van der Waals surface area contributed by atoms with Gasteiger partial charge < -0.3 is 4.42 Å². The van der Waals surface area contributed by atoms with Gasteiger partial charge in [-0.2, -0.15) is 0 Å². The summed E-state index contributed by atoms with van der Waals surface area (Å²) in [4.78, 5) is 12.2. The summed E-state index contributed by atoms with van der Waals surface area (Å²) in [6.07, 6.45) is 2.15. The molecule has 3 aromatic rings. The molecule has 0 saturated heterocycles. The zero-order valence-corrected chi connectivity index (χ0v) is 13.7. The smallest absolute Gasteiger partial charge is 0.322 e. The highest BCUT2D eigenvalue weighted by atomic mass is 16.4. The van der Waals surface area contributed by atoms with Gasteiger partial charge in [-0.3, -0.25) is 10.1 Å². The first kappa shape index (κ1) is 15.9. The predicted octanol–water partition coefficient (Wildman–Crippen LogP) is 4.25. The Morgan fingerprint density at radius 3 is 2.62 bits per heavy atom. The Morgan fingerprint density at radius 2 is 1.92 bits per heavy atom. The number of hydrogen-bond acceptors (Lipinski definition) is 4. The third-order valence-corrected chi connectivity index (χ3v) is 3.67. The minimum absolute atomic E-state index is 0.0918. The Kier molecular flexibility index (Phi) is 4.70. The van der Waals surface area contributed by atoms with Gasteiger partial charge in [-0.25, -0.2) is 0 Å². The average Bonchev–Trinajstić information content (AvgIpc) is 3.04. The van der Waals surface area contributed by atoms with Crippen molar-refractivity contribution in [1.29, 1.82) is 0 Å². The van der Waals surface area contributed by atoms with Crippen molar-refractivity contribution in [3.05, 3.63) is 65.2 Å². The third-order valence-electron chi connectivity index (χ3n) is 3.67. The van der Waals surface area contributed by atoms with E-state index in [1.165, 1.54) is 5.56 Å². The van der Waals surface area contributed by atoms with Gasteiger partial charge in [0.15, 0.2) is 0 Å². The Balaban J connectivity index is 1.72. The minimum atomic E-state index is -0.271. The van der Waals surface area contributed by atoms with Crippen molar-refractivity contribution in [2.24, 2.45) is 0 Å². The fourth-order valence-electron chi connectivity index (χ4n) is 2.45. The molecule has 2 aromatic carbocycles. The summed E-state index contributed by atoms with van der Waals surface area (Å²) < 4.78 is 5.54. The second kappa shape index (κ2) is 7.08. The first-order chi connectivity index (χ1) is 11.7. The lowest BCUT2D eigenvalue weighted by atomic mass is 10.1. The van der Waals surface area contributed by atoms with E-state index in [1.807, 2.05) is 43.3 Å². The molecule has 0 aliphatic carbocycles. The number of hydrogen-bond donors (Lipinski definition) is 1. The van der Waals surface area contributed by atoms with Crippen LogP contribution in [0.1, 0.15) is 34.8 Å². The van der Waals surface area contributed by atoms with E-state index in [0.29, 0.717) is 11.5 Å². The summed E-state index contributed by atoms with van der Waals surface area (Å²) in [7, 11) is 0. The molecular weight excluding hydrogens is 302 g/mol. The van der Waals surface area contributed by atoms with Crippen LogP contribution in [-0.2, 0) is 6.42 Å². The molecule has 24 heavy (non-hydrogen) atoms. The van der Waals surface area contributed by atoms with Crippen molar-refractivity contribution in [2.45, 2.75) is 26.7 Å². The second-order valence-corrected chi connectivity index (χ2v) is 5.68. The molecule has 5 heteroatoms. The molecule has 1 amide bonds. The van der Waals surface area contributed by atoms with Crippen LogP contribution in [0.4, 0.5) is 6.01 Å². The molecular formula is C19H19N3O2. The number of rotatable bonds is 5. The van der Waals surface area contributed by atoms with Gasteiger partial charge in [0.05, 0.1) is 0 Å². The van der Waals surface area contributed by atoms with Gasteiger partial charge in [0.2, 0.25) is 5.89 Å². The highest BCUT2D eigenvalue weighted by Gasteiger charge is 2.12. The van der Waals surface area contributed by atoms with E-state index >= 15 is 0 Å². The van der Waals surface area contributed by atoms with Gasteiger partial charge in [-0.05, 0) is 43.2 Å². The zero-order chi connectivity index (χ0) is 16.9. The van der Waals surface area contributed by atoms with E-state index in [2.05, 4.69) is 22.4 Å². The molecule has 122 valence electrons. The summed E-state index contributed by atoms with van der Waals surface area (Å²) in [5.74, 6) is 0.116. The van der Waals surface area contributed by atoms with E-state index < -0.39 is 0 Å². The fourth-order valence-corrected chi connectivity index (χ4v) is 2.45. The number of aryl methyl sites for hydroxylation is 2. The van der Waals surface area contributed by atoms with Gasteiger partial charge >= 0.3 is 6.01 Å². The highest BCUT2D eigenvalue weighted by Crippen LogP contribution is 2.21. The van der Waals surface area contributed by atoms with Crippen LogP contribution in [0.15, 0.2) is 52.9 Å². The molecule has 0 fully saturated rings. The van der Waals surface area contributed by atoms with Gasteiger partial charge in [0.1, 0.15) is 0 Å². The zero-order valence-electron chi connectivity index (χ0n) is 13.7. The van der Waals surface area contributed by atoms with E-state index in [0.717, 1.165) is 24.0 Å². The minimum Gasteiger partial charge on any atom is -0.403 e. The molecule has 0 bridgehead atoms. The number of aromatic nitrogens is 2. The Morgan fingerprint density at radius 1 is 1.12 bits per heavy atom. The number of amides is 1. The van der Waals surface area contributed by atoms with Crippen LogP contribution in [0.25, 0.3) is 11.5 Å². The molecule has 0 atom stereocenters. The van der Waals surface area contributed by atoms with Crippen molar-refractivity contribution >= 4 is 11.9 Å². The van der Waals surface area contributed by atoms with E-state index in [9.17, 15) is 4.79 Å². The molecule has 5 nitrogen and oxygen atoms in total. The van der Waals surface area contributed by atoms with E-state index in [1.54, 1.807) is 12.1 Å². The fraction of sp³-hybridized carbons (Fsp3) is 0.211. The van der Waals surface area contributed by atoms with Crippen molar-refractivity contribution in [1.82, 2.24) is 10.2 Å². The van der Waals surface area contributed by atoms with Crippen molar-refractivity contribution in [3.63, 3.8) is 0 Å². The number of nitrogens with zero attached hydrogens (tertiary/aromatic N) is 2. The molecule has 1 heterocycles.